The van der Waals surface area contributed by atoms with Crippen molar-refractivity contribution in [1.29, 1.82) is 0 Å². The Morgan fingerprint density at radius 3 is 2.63 bits per heavy atom. The van der Waals surface area contributed by atoms with Crippen molar-refractivity contribution in [2.24, 2.45) is 0 Å². The molecule has 0 aliphatic carbocycles. The number of allylic oxidation sites excluding steroid dienone is 2. The largest absolute Gasteiger partial charge is 0.496 e. The summed E-state index contributed by atoms with van der Waals surface area (Å²) >= 11 is 0. The van der Waals surface area contributed by atoms with Crippen molar-refractivity contribution < 1.29 is 13.5 Å². The summed E-state index contributed by atoms with van der Waals surface area (Å²) in [6.45, 7) is 4.15. The van der Waals surface area contributed by atoms with Gasteiger partial charge in [-0.15, -0.1) is 0 Å². The molecule has 0 aromatic heterocycles. The van der Waals surface area contributed by atoms with Crippen LogP contribution in [0.1, 0.15) is 32.6 Å². The summed E-state index contributed by atoms with van der Waals surface area (Å²) in [5.74, 6) is -0.627. The summed E-state index contributed by atoms with van der Waals surface area (Å²) in [5, 5.41) is 3.31. The molecule has 1 N–H and O–H groups in total. The maximum atomic E-state index is 12.6. The molecule has 19 heavy (non-hydrogen) atoms. The lowest BCUT2D eigenvalue weighted by Gasteiger charge is -2.25. The molecule has 1 saturated heterocycles. The first-order valence-corrected chi connectivity index (χ1v) is 6.95. The highest BCUT2D eigenvalue weighted by Gasteiger charge is 2.20. The highest BCUT2D eigenvalue weighted by molar-refractivity contribution is 5.20. The van der Waals surface area contributed by atoms with Crippen molar-refractivity contribution in [2.75, 3.05) is 26.2 Å². The highest BCUT2D eigenvalue weighted by atomic mass is 19.3. The molecule has 0 aromatic rings. The second-order valence-corrected chi connectivity index (χ2v) is 5.25. The summed E-state index contributed by atoms with van der Waals surface area (Å²) in [5.41, 5.74) is 0. The normalized spacial score (nSPS) is 19.8. The van der Waals surface area contributed by atoms with E-state index in [0.29, 0.717) is 19.6 Å². The zero-order valence-electron chi connectivity index (χ0n) is 11.4. The maximum absolute atomic E-state index is 12.6. The Labute approximate surface area is 113 Å². The number of rotatable bonds is 6. The van der Waals surface area contributed by atoms with Crippen LogP contribution in [-0.2, 0) is 4.74 Å². The first-order valence-electron chi connectivity index (χ1n) is 6.95. The van der Waals surface area contributed by atoms with E-state index in [-0.39, 0.29) is 6.42 Å². The minimum absolute atomic E-state index is 0.122. The van der Waals surface area contributed by atoms with Gasteiger partial charge in [-0.1, -0.05) is 0 Å². The monoisotopic (exact) mass is 272 g/mol. The summed E-state index contributed by atoms with van der Waals surface area (Å²) < 4.78 is 30.7. The van der Waals surface area contributed by atoms with Gasteiger partial charge in [0.2, 0.25) is 5.92 Å². The molecule has 0 radical (unpaired) electrons. The second kappa shape index (κ2) is 6.26. The van der Waals surface area contributed by atoms with Gasteiger partial charge in [-0.05, 0) is 38.3 Å². The van der Waals surface area contributed by atoms with E-state index in [4.69, 9.17) is 4.74 Å². The molecule has 0 spiro atoms. The van der Waals surface area contributed by atoms with Crippen LogP contribution < -0.4 is 5.32 Å². The molecule has 108 valence electrons. The van der Waals surface area contributed by atoms with Gasteiger partial charge in [-0.3, -0.25) is 0 Å². The Morgan fingerprint density at radius 2 is 2.05 bits per heavy atom. The Bertz CT molecular complexity index is 355. The Morgan fingerprint density at radius 1 is 1.32 bits per heavy atom. The number of halogens is 2. The zero-order valence-corrected chi connectivity index (χ0v) is 11.4. The van der Waals surface area contributed by atoms with Gasteiger partial charge in [0, 0.05) is 19.5 Å². The van der Waals surface area contributed by atoms with Crippen LogP contribution in [0, 0.1) is 0 Å². The van der Waals surface area contributed by atoms with Gasteiger partial charge in [0.05, 0.1) is 13.2 Å². The van der Waals surface area contributed by atoms with E-state index in [1.165, 1.54) is 12.8 Å². The van der Waals surface area contributed by atoms with Crippen molar-refractivity contribution >= 4 is 0 Å². The van der Waals surface area contributed by atoms with E-state index in [9.17, 15) is 8.78 Å². The van der Waals surface area contributed by atoms with Gasteiger partial charge in [-0.2, -0.15) is 0 Å². The molecule has 0 aromatic carbocycles. The summed E-state index contributed by atoms with van der Waals surface area (Å²) in [6, 6.07) is 0. The van der Waals surface area contributed by atoms with Gasteiger partial charge in [0.1, 0.15) is 11.6 Å². The fourth-order valence-electron chi connectivity index (χ4n) is 2.33. The minimum atomic E-state index is -2.59. The molecule has 2 rings (SSSR count). The van der Waals surface area contributed by atoms with E-state index >= 15 is 0 Å². The molecule has 2 heterocycles. The second-order valence-electron chi connectivity index (χ2n) is 5.25. The lowest BCUT2D eigenvalue weighted by atomic mass is 10.2. The van der Waals surface area contributed by atoms with Crippen LogP contribution in [0.2, 0.25) is 0 Å². The number of hydrogen-bond donors (Lipinski definition) is 1. The average molecular weight is 272 g/mol. The van der Waals surface area contributed by atoms with Gasteiger partial charge >= 0.3 is 0 Å². The van der Waals surface area contributed by atoms with E-state index < -0.39 is 5.92 Å². The van der Waals surface area contributed by atoms with E-state index in [1.807, 2.05) is 12.2 Å². The van der Waals surface area contributed by atoms with Crippen molar-refractivity contribution in [2.45, 2.75) is 38.5 Å². The van der Waals surface area contributed by atoms with Crippen molar-refractivity contribution in [1.82, 2.24) is 10.2 Å². The molecule has 0 atom stereocenters. The number of ether oxygens (including phenoxy) is 1. The predicted molar refractivity (Wildman–Crippen MR) is 70.8 cm³/mol. The Hall–Kier alpha value is -1.26. The molecule has 0 saturated carbocycles. The Balaban J connectivity index is 1.71. The number of nitrogens with one attached hydrogen (secondary N) is 1. The lowest BCUT2D eigenvalue weighted by molar-refractivity contribution is 0.00511. The van der Waals surface area contributed by atoms with Crippen LogP contribution in [0.3, 0.4) is 0 Å². The summed E-state index contributed by atoms with van der Waals surface area (Å²) in [6.07, 6.45) is 6.70. The molecule has 2 aliphatic rings. The molecule has 3 nitrogen and oxygen atoms in total. The van der Waals surface area contributed by atoms with Gasteiger partial charge < -0.3 is 15.0 Å². The van der Waals surface area contributed by atoms with Gasteiger partial charge in [0.15, 0.2) is 0 Å². The number of likely N-dealkylation sites (tertiary alicyclic amines) is 1. The van der Waals surface area contributed by atoms with Crippen LogP contribution in [0.25, 0.3) is 0 Å². The first kappa shape index (κ1) is 14.2. The molecule has 1 fully saturated rings. The van der Waals surface area contributed by atoms with Crippen LogP contribution in [-0.4, -0.2) is 37.1 Å². The topological polar surface area (TPSA) is 24.5 Å². The van der Waals surface area contributed by atoms with Crippen LogP contribution in [0.4, 0.5) is 8.78 Å². The summed E-state index contributed by atoms with van der Waals surface area (Å²) in [4.78, 5) is 2.32. The number of alkyl halides is 2. The molecule has 0 unspecified atom stereocenters. The Kier molecular flexibility index (Phi) is 4.66. The highest BCUT2D eigenvalue weighted by Crippen LogP contribution is 2.19. The molecule has 5 heteroatoms. The van der Waals surface area contributed by atoms with Gasteiger partial charge in [-0.25, -0.2) is 8.78 Å². The molecular weight excluding hydrogens is 250 g/mol. The fourth-order valence-corrected chi connectivity index (χ4v) is 2.33. The zero-order chi connectivity index (χ0) is 13.7. The number of nitrogens with zero attached hydrogens (tertiary/aromatic N) is 1. The molecule has 0 bridgehead atoms. The quantitative estimate of drug-likeness (QED) is 0.752. The lowest BCUT2D eigenvalue weighted by Crippen LogP contribution is -2.32. The van der Waals surface area contributed by atoms with E-state index in [2.05, 4.69) is 10.2 Å². The number of hydrogen-bond acceptors (Lipinski definition) is 3. The first-order chi connectivity index (χ1) is 9.04. The molecular formula is C14H22F2N2O. The van der Waals surface area contributed by atoms with Crippen LogP contribution >= 0.6 is 0 Å². The van der Waals surface area contributed by atoms with Crippen LogP contribution in [0.15, 0.2) is 23.7 Å². The standard InChI is InChI=1S/C14H22F2N2O/c1-14(15,16)7-4-10-19-12-5-6-13(17-11-12)18-8-2-3-9-18/h5-6,17H,2-4,7-11H2,1H3. The smallest absolute Gasteiger partial charge is 0.245 e. The van der Waals surface area contributed by atoms with E-state index in [1.54, 1.807) is 0 Å². The maximum Gasteiger partial charge on any atom is 0.245 e. The third-order valence-corrected chi connectivity index (χ3v) is 3.37. The third kappa shape index (κ3) is 4.73. The average Bonchev–Trinajstić information content (AvgIpc) is 2.88. The van der Waals surface area contributed by atoms with Gasteiger partial charge in [0.25, 0.3) is 0 Å². The summed E-state index contributed by atoms with van der Waals surface area (Å²) in [7, 11) is 0. The minimum Gasteiger partial charge on any atom is -0.496 e. The molecule has 2 aliphatic heterocycles. The van der Waals surface area contributed by atoms with E-state index in [0.717, 1.165) is 31.6 Å². The SMILES string of the molecule is CC(F)(F)CCCOC1=CC=C(N2CCCC2)NC1. The number of dihydropyridines is 1. The van der Waals surface area contributed by atoms with Crippen LogP contribution in [0.5, 0.6) is 0 Å². The van der Waals surface area contributed by atoms with Crippen molar-refractivity contribution in [3.05, 3.63) is 23.7 Å². The van der Waals surface area contributed by atoms with Crippen molar-refractivity contribution in [3.63, 3.8) is 0 Å². The fraction of sp³-hybridized carbons (Fsp3) is 0.714. The third-order valence-electron chi connectivity index (χ3n) is 3.37. The predicted octanol–water partition coefficient (Wildman–Crippen LogP) is 2.86. The molecule has 0 amide bonds. The van der Waals surface area contributed by atoms with Crippen molar-refractivity contribution in [3.8, 4) is 0 Å².